The average molecular weight is 347 g/mol. The molecule has 0 radical (unpaired) electrons. The van der Waals surface area contributed by atoms with Crippen LogP contribution in [-0.4, -0.2) is 20.1 Å². The van der Waals surface area contributed by atoms with E-state index in [1.807, 2.05) is 50.2 Å². The van der Waals surface area contributed by atoms with Gasteiger partial charge in [0.1, 0.15) is 5.69 Å². The molecule has 0 aromatic carbocycles. The highest BCUT2D eigenvalue weighted by Crippen LogP contribution is 2.32. The van der Waals surface area contributed by atoms with Gasteiger partial charge in [0.2, 0.25) is 5.95 Å². The summed E-state index contributed by atoms with van der Waals surface area (Å²) < 4.78 is 10.9. The molecule has 4 heterocycles. The lowest BCUT2D eigenvalue weighted by atomic mass is 10.1. The lowest BCUT2D eigenvalue weighted by molar-refractivity contribution is 0.427. The quantitative estimate of drug-likeness (QED) is 0.576. The Bertz CT molecular complexity index is 996. The number of rotatable bonds is 5. The Morgan fingerprint density at radius 1 is 1.08 bits per heavy atom. The van der Waals surface area contributed by atoms with Crippen LogP contribution >= 0.6 is 0 Å². The van der Waals surface area contributed by atoms with Crippen LogP contribution in [0.4, 0.5) is 5.95 Å². The van der Waals surface area contributed by atoms with E-state index in [1.165, 1.54) is 0 Å². The van der Waals surface area contributed by atoms with Gasteiger partial charge in [0.25, 0.3) is 0 Å². The minimum absolute atomic E-state index is 0.0426. The molecule has 0 bridgehead atoms. The van der Waals surface area contributed by atoms with E-state index in [0.717, 1.165) is 17.0 Å². The SMILES string of the molecule is Cc1cc(-c2cnc(N[C@H](C)c3ccccn3)nc2-c2ccco2)on1. The summed E-state index contributed by atoms with van der Waals surface area (Å²) in [5.74, 6) is 1.71. The summed E-state index contributed by atoms with van der Waals surface area (Å²) in [4.78, 5) is 13.4. The highest BCUT2D eigenvalue weighted by Gasteiger charge is 2.18. The highest BCUT2D eigenvalue weighted by atomic mass is 16.5. The second kappa shape index (κ2) is 6.79. The van der Waals surface area contributed by atoms with Crippen molar-refractivity contribution in [2.75, 3.05) is 5.32 Å². The maximum absolute atomic E-state index is 5.54. The topological polar surface area (TPSA) is 89.9 Å². The number of anilines is 1. The Morgan fingerprint density at radius 3 is 2.69 bits per heavy atom. The van der Waals surface area contributed by atoms with E-state index in [2.05, 4.69) is 25.4 Å². The van der Waals surface area contributed by atoms with Crippen molar-refractivity contribution in [1.29, 1.82) is 0 Å². The molecule has 7 nitrogen and oxygen atoms in total. The van der Waals surface area contributed by atoms with Crippen molar-refractivity contribution in [3.63, 3.8) is 0 Å². The first-order valence-corrected chi connectivity index (χ1v) is 8.23. The van der Waals surface area contributed by atoms with Crippen LogP contribution in [0, 0.1) is 6.92 Å². The number of hydrogen-bond donors (Lipinski definition) is 1. The molecular weight excluding hydrogens is 330 g/mol. The zero-order valence-corrected chi connectivity index (χ0v) is 14.4. The standard InChI is InChI=1S/C19H17N5O2/c1-12-10-17(26-24-12)14-11-21-19(23-18(14)16-7-5-9-25-16)22-13(2)15-6-3-4-8-20-15/h3-11,13H,1-2H3,(H,21,22,23)/t13-/m1/s1. The number of nitrogens with zero attached hydrogens (tertiary/aromatic N) is 4. The van der Waals surface area contributed by atoms with Crippen molar-refractivity contribution in [2.24, 2.45) is 0 Å². The number of pyridine rings is 1. The summed E-state index contributed by atoms with van der Waals surface area (Å²) in [6.45, 7) is 3.87. The van der Waals surface area contributed by atoms with E-state index in [-0.39, 0.29) is 6.04 Å². The predicted molar refractivity (Wildman–Crippen MR) is 96.2 cm³/mol. The van der Waals surface area contributed by atoms with E-state index in [9.17, 15) is 0 Å². The summed E-state index contributed by atoms with van der Waals surface area (Å²) in [5, 5.41) is 7.21. The van der Waals surface area contributed by atoms with Gasteiger partial charge in [-0.3, -0.25) is 4.98 Å². The molecule has 0 spiro atoms. The van der Waals surface area contributed by atoms with Crippen LogP contribution in [0.1, 0.15) is 24.4 Å². The van der Waals surface area contributed by atoms with Crippen molar-refractivity contribution >= 4 is 5.95 Å². The maximum atomic E-state index is 5.54. The second-order valence-electron chi connectivity index (χ2n) is 5.89. The van der Waals surface area contributed by atoms with Crippen LogP contribution in [0.2, 0.25) is 0 Å². The van der Waals surface area contributed by atoms with Gasteiger partial charge in [-0.05, 0) is 38.1 Å². The van der Waals surface area contributed by atoms with Crippen molar-refractivity contribution in [3.05, 3.63) is 66.4 Å². The van der Waals surface area contributed by atoms with E-state index >= 15 is 0 Å². The molecule has 0 aliphatic carbocycles. The fourth-order valence-electron chi connectivity index (χ4n) is 2.62. The van der Waals surface area contributed by atoms with E-state index in [4.69, 9.17) is 8.94 Å². The molecule has 26 heavy (non-hydrogen) atoms. The smallest absolute Gasteiger partial charge is 0.223 e. The Kier molecular flexibility index (Phi) is 4.18. The molecule has 4 aromatic rings. The van der Waals surface area contributed by atoms with E-state index in [0.29, 0.717) is 23.2 Å². The number of aryl methyl sites for hydroxylation is 1. The normalized spacial score (nSPS) is 12.1. The van der Waals surface area contributed by atoms with Crippen LogP contribution in [0.15, 0.2) is 64.0 Å². The fourth-order valence-corrected chi connectivity index (χ4v) is 2.62. The molecule has 0 aliphatic heterocycles. The molecule has 0 saturated heterocycles. The third kappa shape index (κ3) is 3.19. The van der Waals surface area contributed by atoms with Crippen molar-refractivity contribution < 1.29 is 8.94 Å². The van der Waals surface area contributed by atoms with Crippen molar-refractivity contribution in [2.45, 2.75) is 19.9 Å². The van der Waals surface area contributed by atoms with Gasteiger partial charge in [-0.2, -0.15) is 0 Å². The van der Waals surface area contributed by atoms with Crippen LogP contribution in [0.5, 0.6) is 0 Å². The summed E-state index contributed by atoms with van der Waals surface area (Å²) in [6.07, 6.45) is 5.08. The minimum Gasteiger partial charge on any atom is -0.463 e. The first-order chi connectivity index (χ1) is 12.7. The fraction of sp³-hybridized carbons (Fsp3) is 0.158. The van der Waals surface area contributed by atoms with E-state index < -0.39 is 0 Å². The van der Waals surface area contributed by atoms with Gasteiger partial charge < -0.3 is 14.3 Å². The van der Waals surface area contributed by atoms with Gasteiger partial charge in [-0.15, -0.1) is 0 Å². The summed E-state index contributed by atoms with van der Waals surface area (Å²) in [7, 11) is 0. The number of nitrogens with one attached hydrogen (secondary N) is 1. The molecule has 4 rings (SSSR count). The van der Waals surface area contributed by atoms with Crippen LogP contribution < -0.4 is 5.32 Å². The van der Waals surface area contributed by atoms with Crippen LogP contribution in [-0.2, 0) is 0 Å². The van der Waals surface area contributed by atoms with Gasteiger partial charge in [-0.1, -0.05) is 11.2 Å². The summed E-state index contributed by atoms with van der Waals surface area (Å²) in [6, 6.07) is 11.3. The Labute approximate surface area is 150 Å². The number of hydrogen-bond acceptors (Lipinski definition) is 7. The lowest BCUT2D eigenvalue weighted by Gasteiger charge is -2.14. The molecule has 1 atom stereocenters. The Hall–Kier alpha value is -3.48. The van der Waals surface area contributed by atoms with Gasteiger partial charge in [0.15, 0.2) is 11.5 Å². The lowest BCUT2D eigenvalue weighted by Crippen LogP contribution is -2.11. The number of aromatic nitrogens is 4. The minimum atomic E-state index is -0.0426. The first kappa shape index (κ1) is 16.0. The van der Waals surface area contributed by atoms with Crippen LogP contribution in [0.25, 0.3) is 22.8 Å². The Morgan fingerprint density at radius 2 is 2.00 bits per heavy atom. The Balaban J connectivity index is 1.71. The molecule has 0 unspecified atom stereocenters. The maximum Gasteiger partial charge on any atom is 0.223 e. The summed E-state index contributed by atoms with van der Waals surface area (Å²) in [5.41, 5.74) is 3.05. The summed E-state index contributed by atoms with van der Waals surface area (Å²) >= 11 is 0. The van der Waals surface area contributed by atoms with Gasteiger partial charge in [0, 0.05) is 18.5 Å². The molecule has 1 N–H and O–H groups in total. The molecule has 0 saturated carbocycles. The molecule has 0 fully saturated rings. The highest BCUT2D eigenvalue weighted by molar-refractivity contribution is 5.75. The second-order valence-corrected chi connectivity index (χ2v) is 5.89. The molecule has 0 aliphatic rings. The van der Waals surface area contributed by atoms with Gasteiger partial charge in [0.05, 0.1) is 29.3 Å². The monoisotopic (exact) mass is 347 g/mol. The molecule has 4 aromatic heterocycles. The van der Waals surface area contributed by atoms with Crippen molar-refractivity contribution in [1.82, 2.24) is 20.1 Å². The third-order valence-electron chi connectivity index (χ3n) is 3.91. The number of furan rings is 1. The molecular formula is C19H17N5O2. The third-order valence-corrected chi connectivity index (χ3v) is 3.91. The molecule has 0 amide bonds. The zero-order chi connectivity index (χ0) is 17.9. The zero-order valence-electron chi connectivity index (χ0n) is 14.4. The molecule has 7 heteroatoms. The first-order valence-electron chi connectivity index (χ1n) is 8.23. The van der Waals surface area contributed by atoms with Crippen LogP contribution in [0.3, 0.4) is 0 Å². The van der Waals surface area contributed by atoms with Gasteiger partial charge >= 0.3 is 0 Å². The van der Waals surface area contributed by atoms with Crippen molar-refractivity contribution in [3.8, 4) is 22.8 Å². The predicted octanol–water partition coefficient (Wildman–Crippen LogP) is 4.27. The van der Waals surface area contributed by atoms with Gasteiger partial charge in [-0.25, -0.2) is 9.97 Å². The average Bonchev–Trinajstić information content (AvgIpc) is 3.34. The largest absolute Gasteiger partial charge is 0.463 e. The molecule has 130 valence electrons. The van der Waals surface area contributed by atoms with E-state index in [1.54, 1.807) is 18.7 Å².